The lowest BCUT2D eigenvalue weighted by Crippen LogP contribution is -2.34. The minimum Gasteiger partial charge on any atom is -0.469 e. The zero-order chi connectivity index (χ0) is 14.6. The Morgan fingerprint density at radius 1 is 1.25 bits per heavy atom. The molecule has 0 aliphatic rings. The fourth-order valence-corrected chi connectivity index (χ4v) is 3.12. The van der Waals surface area contributed by atoms with Crippen molar-refractivity contribution in [3.8, 4) is 0 Å². The van der Waals surface area contributed by atoms with Gasteiger partial charge in [-0.3, -0.25) is 0 Å². The molecular formula is C14H17NO4S. The van der Waals surface area contributed by atoms with E-state index in [2.05, 4.69) is 4.72 Å². The molecular weight excluding hydrogens is 278 g/mol. The van der Waals surface area contributed by atoms with E-state index in [0.29, 0.717) is 12.0 Å². The summed E-state index contributed by atoms with van der Waals surface area (Å²) in [4.78, 5) is 0.181. The molecule has 0 aliphatic heterocycles. The van der Waals surface area contributed by atoms with Crippen LogP contribution in [0.1, 0.15) is 18.2 Å². The number of rotatable bonds is 6. The van der Waals surface area contributed by atoms with E-state index in [1.165, 1.54) is 12.1 Å². The Morgan fingerprint density at radius 3 is 2.50 bits per heavy atom. The van der Waals surface area contributed by atoms with Gasteiger partial charge in [-0.1, -0.05) is 12.1 Å². The molecule has 0 spiro atoms. The molecule has 2 rings (SSSR count). The summed E-state index contributed by atoms with van der Waals surface area (Å²) < 4.78 is 32.1. The van der Waals surface area contributed by atoms with E-state index in [1.54, 1.807) is 37.5 Å². The van der Waals surface area contributed by atoms with Crippen molar-refractivity contribution < 1.29 is 17.9 Å². The van der Waals surface area contributed by atoms with E-state index >= 15 is 0 Å². The van der Waals surface area contributed by atoms with Gasteiger partial charge in [-0.15, -0.1) is 0 Å². The molecule has 2 N–H and O–H groups in total. The number of hydrogen-bond donors (Lipinski definition) is 2. The average molecular weight is 295 g/mol. The summed E-state index contributed by atoms with van der Waals surface area (Å²) in [5.74, 6) is 0.732. The van der Waals surface area contributed by atoms with Crippen LogP contribution in [0.3, 0.4) is 0 Å². The molecule has 2 aromatic rings. The minimum absolute atomic E-state index is 0.108. The van der Waals surface area contributed by atoms with Crippen LogP contribution in [0.4, 0.5) is 0 Å². The van der Waals surface area contributed by atoms with Gasteiger partial charge >= 0.3 is 0 Å². The molecule has 20 heavy (non-hydrogen) atoms. The summed E-state index contributed by atoms with van der Waals surface area (Å²) in [5.41, 5.74) is 0.674. The van der Waals surface area contributed by atoms with Crippen molar-refractivity contribution in [2.75, 3.05) is 0 Å². The number of benzene rings is 1. The molecule has 0 fully saturated rings. The fourth-order valence-electron chi connectivity index (χ4n) is 1.88. The van der Waals surface area contributed by atoms with Crippen LogP contribution in [-0.4, -0.2) is 19.6 Å². The molecule has 0 radical (unpaired) electrons. The van der Waals surface area contributed by atoms with E-state index in [1.807, 2.05) is 0 Å². The van der Waals surface area contributed by atoms with E-state index in [0.717, 1.165) is 5.76 Å². The summed E-state index contributed by atoms with van der Waals surface area (Å²) in [5, 5.41) is 8.94. The largest absolute Gasteiger partial charge is 0.469 e. The van der Waals surface area contributed by atoms with E-state index in [-0.39, 0.29) is 17.5 Å². The Hall–Kier alpha value is -1.63. The third-order valence-corrected chi connectivity index (χ3v) is 4.47. The maximum absolute atomic E-state index is 12.2. The summed E-state index contributed by atoms with van der Waals surface area (Å²) >= 11 is 0. The average Bonchev–Trinajstić information content (AvgIpc) is 2.91. The van der Waals surface area contributed by atoms with Crippen molar-refractivity contribution in [3.63, 3.8) is 0 Å². The predicted molar refractivity (Wildman–Crippen MR) is 74.6 cm³/mol. The third-order valence-electron chi connectivity index (χ3n) is 2.86. The van der Waals surface area contributed by atoms with Crippen LogP contribution in [0.2, 0.25) is 0 Å². The van der Waals surface area contributed by atoms with E-state index in [9.17, 15) is 8.42 Å². The second-order valence-corrected chi connectivity index (χ2v) is 6.32. The van der Waals surface area contributed by atoms with Crippen molar-refractivity contribution >= 4 is 10.0 Å². The molecule has 0 saturated carbocycles. The standard InChI is InChI=1S/C14H17NO4S/c1-11(9-13-3-2-8-19-13)15-20(17,18)14-6-4-12(10-16)5-7-14/h2-8,11,15-16H,9-10H2,1H3. The van der Waals surface area contributed by atoms with Crippen molar-refractivity contribution in [2.24, 2.45) is 0 Å². The van der Waals surface area contributed by atoms with Crippen LogP contribution in [0.25, 0.3) is 0 Å². The number of sulfonamides is 1. The summed E-state index contributed by atoms with van der Waals surface area (Å²) in [7, 11) is -3.56. The quantitative estimate of drug-likeness (QED) is 0.850. The Balaban J connectivity index is 2.05. The van der Waals surface area contributed by atoms with Crippen LogP contribution in [0.15, 0.2) is 52.0 Å². The van der Waals surface area contributed by atoms with Crippen LogP contribution < -0.4 is 4.72 Å². The molecule has 0 aliphatic carbocycles. The van der Waals surface area contributed by atoms with Gasteiger partial charge in [0.05, 0.1) is 17.8 Å². The van der Waals surface area contributed by atoms with Gasteiger partial charge < -0.3 is 9.52 Å². The van der Waals surface area contributed by atoms with Crippen molar-refractivity contribution in [1.29, 1.82) is 0 Å². The first-order chi connectivity index (χ1) is 9.51. The lowest BCUT2D eigenvalue weighted by Gasteiger charge is -2.13. The molecule has 5 nitrogen and oxygen atoms in total. The topological polar surface area (TPSA) is 79.5 Å². The normalized spacial score (nSPS) is 13.3. The van der Waals surface area contributed by atoms with Gasteiger partial charge in [-0.05, 0) is 36.8 Å². The van der Waals surface area contributed by atoms with Gasteiger partial charge in [0, 0.05) is 12.5 Å². The highest BCUT2D eigenvalue weighted by atomic mass is 32.2. The summed E-state index contributed by atoms with van der Waals surface area (Å²) in [6, 6.07) is 9.44. The van der Waals surface area contributed by atoms with Gasteiger partial charge in [0.25, 0.3) is 0 Å². The van der Waals surface area contributed by atoms with Gasteiger partial charge in [0.2, 0.25) is 10.0 Å². The Morgan fingerprint density at radius 2 is 1.95 bits per heavy atom. The zero-order valence-electron chi connectivity index (χ0n) is 11.1. The number of aliphatic hydroxyl groups is 1. The van der Waals surface area contributed by atoms with Crippen LogP contribution in [0, 0.1) is 0 Å². The van der Waals surface area contributed by atoms with Crippen LogP contribution in [0.5, 0.6) is 0 Å². The summed E-state index contributed by atoms with van der Waals surface area (Å²) in [6.07, 6.45) is 2.05. The number of furan rings is 1. The van der Waals surface area contributed by atoms with E-state index < -0.39 is 10.0 Å². The summed E-state index contributed by atoms with van der Waals surface area (Å²) in [6.45, 7) is 1.67. The molecule has 1 aromatic carbocycles. The SMILES string of the molecule is CC(Cc1ccco1)NS(=O)(=O)c1ccc(CO)cc1. The number of nitrogens with one attached hydrogen (secondary N) is 1. The van der Waals surface area contributed by atoms with Gasteiger partial charge in [0.15, 0.2) is 0 Å². The van der Waals surface area contributed by atoms with Crippen molar-refractivity contribution in [3.05, 3.63) is 54.0 Å². The smallest absolute Gasteiger partial charge is 0.240 e. The lowest BCUT2D eigenvalue weighted by atomic mass is 10.2. The first kappa shape index (κ1) is 14.8. The maximum Gasteiger partial charge on any atom is 0.240 e. The molecule has 1 atom stereocenters. The molecule has 0 amide bonds. The highest BCUT2D eigenvalue weighted by Gasteiger charge is 2.18. The zero-order valence-corrected chi connectivity index (χ0v) is 11.9. The monoisotopic (exact) mass is 295 g/mol. The predicted octanol–water partition coefficient (Wildman–Crippen LogP) is 1.68. The van der Waals surface area contributed by atoms with Crippen LogP contribution >= 0.6 is 0 Å². The maximum atomic E-state index is 12.2. The molecule has 1 aromatic heterocycles. The van der Waals surface area contributed by atoms with Gasteiger partial charge in [-0.2, -0.15) is 0 Å². The molecule has 1 unspecified atom stereocenters. The highest BCUT2D eigenvalue weighted by Crippen LogP contribution is 2.12. The number of hydrogen-bond acceptors (Lipinski definition) is 4. The molecule has 0 saturated heterocycles. The second-order valence-electron chi connectivity index (χ2n) is 4.61. The highest BCUT2D eigenvalue weighted by molar-refractivity contribution is 7.89. The first-order valence-electron chi connectivity index (χ1n) is 6.26. The number of aliphatic hydroxyl groups excluding tert-OH is 1. The fraction of sp³-hybridized carbons (Fsp3) is 0.286. The first-order valence-corrected chi connectivity index (χ1v) is 7.74. The van der Waals surface area contributed by atoms with E-state index in [4.69, 9.17) is 9.52 Å². The van der Waals surface area contributed by atoms with Crippen LogP contribution in [-0.2, 0) is 23.1 Å². The van der Waals surface area contributed by atoms with Gasteiger partial charge in [0.1, 0.15) is 5.76 Å². The second kappa shape index (κ2) is 6.21. The molecule has 0 bridgehead atoms. The Bertz CT molecular complexity index is 632. The van der Waals surface area contributed by atoms with Crippen molar-refractivity contribution in [1.82, 2.24) is 4.72 Å². The Kier molecular flexibility index (Phi) is 4.59. The molecule has 1 heterocycles. The Labute approximate surface area is 118 Å². The molecule has 108 valence electrons. The van der Waals surface area contributed by atoms with Gasteiger partial charge in [-0.25, -0.2) is 13.1 Å². The lowest BCUT2D eigenvalue weighted by molar-refractivity contribution is 0.282. The minimum atomic E-state index is -3.56. The van der Waals surface area contributed by atoms with Crippen molar-refractivity contribution in [2.45, 2.75) is 30.9 Å². The molecule has 6 heteroatoms. The third kappa shape index (κ3) is 3.69.